The highest BCUT2D eigenvalue weighted by molar-refractivity contribution is 7.99. The van der Waals surface area contributed by atoms with Gasteiger partial charge in [-0.2, -0.15) is 5.10 Å². The van der Waals surface area contributed by atoms with Crippen LogP contribution in [0.4, 0.5) is 5.82 Å². The summed E-state index contributed by atoms with van der Waals surface area (Å²) in [5.74, 6) is 0.802. The highest BCUT2D eigenvalue weighted by Gasteiger charge is 2.31. The van der Waals surface area contributed by atoms with Gasteiger partial charge in [-0.05, 0) is 13.8 Å². The molecule has 0 radical (unpaired) electrons. The minimum atomic E-state index is -0.560. The number of fused-ring (bicyclic) bond motifs is 1. The summed E-state index contributed by atoms with van der Waals surface area (Å²) >= 11 is 1.48. The Morgan fingerprint density at radius 2 is 2.06 bits per heavy atom. The molecule has 2 amide bonds. The van der Waals surface area contributed by atoms with Gasteiger partial charge >= 0.3 is 0 Å². The summed E-state index contributed by atoms with van der Waals surface area (Å²) in [4.78, 5) is 41.9. The van der Waals surface area contributed by atoms with Crippen molar-refractivity contribution in [2.45, 2.75) is 76.4 Å². The Hall–Kier alpha value is -2.66. The van der Waals surface area contributed by atoms with E-state index in [-0.39, 0.29) is 41.3 Å². The molecule has 2 aliphatic rings. The molecule has 0 spiro atoms. The highest BCUT2D eigenvalue weighted by atomic mass is 32.2. The Kier molecular flexibility index (Phi) is 5.89. The lowest BCUT2D eigenvalue weighted by molar-refractivity contribution is -0.125. The Morgan fingerprint density at radius 1 is 1.31 bits per heavy atom. The maximum absolute atomic E-state index is 13.0. The highest BCUT2D eigenvalue weighted by Crippen LogP contribution is 2.32. The Bertz CT molecular complexity index is 1120. The molecule has 11 heteroatoms. The molecule has 10 nitrogen and oxygen atoms in total. The van der Waals surface area contributed by atoms with Crippen molar-refractivity contribution in [1.29, 1.82) is 0 Å². The number of thioether (sulfide) groups is 1. The Morgan fingerprint density at radius 3 is 2.75 bits per heavy atom. The normalized spacial score (nSPS) is 23.0. The van der Waals surface area contributed by atoms with E-state index in [1.54, 1.807) is 16.2 Å². The molecule has 0 aliphatic carbocycles. The first-order valence-electron chi connectivity index (χ1n) is 10.7. The number of nitrogens with zero attached hydrogens (tertiary/aromatic N) is 4. The summed E-state index contributed by atoms with van der Waals surface area (Å²) in [6.07, 6.45) is -0.0380. The van der Waals surface area contributed by atoms with Crippen LogP contribution < -0.4 is 21.5 Å². The molecule has 0 aromatic carbocycles. The lowest BCUT2D eigenvalue weighted by Crippen LogP contribution is -2.52. The van der Waals surface area contributed by atoms with Gasteiger partial charge in [-0.1, -0.05) is 32.5 Å². The number of hydrogen-bond donors (Lipinski definition) is 3. The van der Waals surface area contributed by atoms with Gasteiger partial charge in [0, 0.05) is 47.9 Å². The van der Waals surface area contributed by atoms with Crippen LogP contribution in [0.15, 0.2) is 22.1 Å². The van der Waals surface area contributed by atoms with Gasteiger partial charge in [0.25, 0.3) is 5.56 Å². The van der Waals surface area contributed by atoms with Crippen LogP contribution in [0.1, 0.15) is 64.3 Å². The fourth-order valence-electron chi connectivity index (χ4n) is 3.86. The largest absolute Gasteiger partial charge is 0.322 e. The van der Waals surface area contributed by atoms with E-state index in [1.165, 1.54) is 17.8 Å². The third-order valence-corrected chi connectivity index (χ3v) is 6.58. The maximum atomic E-state index is 13.0. The molecule has 2 aromatic heterocycles. The number of nitrogens with one attached hydrogen (secondary N) is 3. The molecule has 2 aliphatic heterocycles. The average molecular weight is 460 g/mol. The zero-order valence-electron chi connectivity index (χ0n) is 18.9. The topological polar surface area (TPSA) is 123 Å². The number of carbonyl (C=O) groups excluding carboxylic acids is 2. The van der Waals surface area contributed by atoms with Gasteiger partial charge in [-0.25, -0.2) is 9.67 Å². The van der Waals surface area contributed by atoms with Crippen molar-refractivity contribution < 1.29 is 9.59 Å². The number of aromatic nitrogens is 4. The molecule has 3 N–H and O–H groups in total. The van der Waals surface area contributed by atoms with Crippen LogP contribution in [0, 0.1) is 6.92 Å². The maximum Gasteiger partial charge on any atom is 0.254 e. The molecule has 3 unspecified atom stereocenters. The number of hydrogen-bond acceptors (Lipinski definition) is 7. The molecular weight excluding hydrogens is 430 g/mol. The van der Waals surface area contributed by atoms with E-state index < -0.39 is 6.29 Å². The number of amides is 2. The van der Waals surface area contributed by atoms with Crippen molar-refractivity contribution in [1.82, 2.24) is 30.0 Å². The summed E-state index contributed by atoms with van der Waals surface area (Å²) < 4.78 is 3.21. The van der Waals surface area contributed by atoms with E-state index in [0.717, 1.165) is 5.69 Å². The zero-order valence-corrected chi connectivity index (χ0v) is 19.7. The van der Waals surface area contributed by atoms with Gasteiger partial charge in [0.1, 0.15) is 5.82 Å². The van der Waals surface area contributed by atoms with Crippen molar-refractivity contribution in [2.75, 3.05) is 11.1 Å². The summed E-state index contributed by atoms with van der Waals surface area (Å²) in [5, 5.41) is 14.4. The quantitative estimate of drug-likeness (QED) is 0.595. The minimum absolute atomic E-state index is 0.0190. The Balaban J connectivity index is 1.57. The summed E-state index contributed by atoms with van der Waals surface area (Å²) in [7, 11) is 0. The van der Waals surface area contributed by atoms with Gasteiger partial charge in [0.2, 0.25) is 11.8 Å². The van der Waals surface area contributed by atoms with Crippen LogP contribution in [-0.4, -0.2) is 42.9 Å². The number of aryl methyl sites for hydroxylation is 1. The smallest absolute Gasteiger partial charge is 0.254 e. The predicted molar refractivity (Wildman–Crippen MR) is 122 cm³/mol. The number of rotatable bonds is 4. The standard InChI is InChI=1S/C21H29N7O3S/c1-11-6-16(29)25-19(22-11)28-15(9-14(26-28)21(3,4)5)24-17(30)8-13-10-32-20-23-12(2)7-18(31)27(13)20/h7,9,11,13,19,22H,6,8,10H2,1-5H3,(H,24,30)(H,25,29). The molecule has 1 fully saturated rings. The van der Waals surface area contributed by atoms with E-state index in [9.17, 15) is 14.4 Å². The first-order valence-corrected chi connectivity index (χ1v) is 11.7. The molecule has 32 heavy (non-hydrogen) atoms. The molecule has 4 rings (SSSR count). The third-order valence-electron chi connectivity index (χ3n) is 5.49. The number of carbonyl (C=O) groups is 2. The first kappa shape index (κ1) is 22.5. The zero-order chi connectivity index (χ0) is 23.2. The predicted octanol–water partition coefficient (Wildman–Crippen LogP) is 1.68. The fraction of sp³-hybridized carbons (Fsp3) is 0.571. The van der Waals surface area contributed by atoms with E-state index in [2.05, 4.69) is 26.0 Å². The van der Waals surface area contributed by atoms with Crippen LogP contribution in [-0.2, 0) is 15.0 Å². The number of anilines is 1. The third kappa shape index (κ3) is 4.58. The lowest BCUT2D eigenvalue weighted by atomic mass is 9.92. The lowest BCUT2D eigenvalue weighted by Gasteiger charge is -2.30. The van der Waals surface area contributed by atoms with Gasteiger partial charge < -0.3 is 10.6 Å². The molecular formula is C21H29N7O3S. The average Bonchev–Trinajstić information content (AvgIpc) is 3.25. The van der Waals surface area contributed by atoms with Crippen LogP contribution in [0.2, 0.25) is 0 Å². The second-order valence-electron chi connectivity index (χ2n) is 9.46. The molecule has 172 valence electrons. The molecule has 3 atom stereocenters. The summed E-state index contributed by atoms with van der Waals surface area (Å²) in [6, 6.07) is 3.04. The van der Waals surface area contributed by atoms with Crippen molar-refractivity contribution >= 4 is 29.4 Å². The van der Waals surface area contributed by atoms with E-state index in [1.807, 2.05) is 33.8 Å². The van der Waals surface area contributed by atoms with Crippen LogP contribution in [0.5, 0.6) is 0 Å². The van der Waals surface area contributed by atoms with Gasteiger partial charge in [0.05, 0.1) is 11.7 Å². The van der Waals surface area contributed by atoms with Crippen LogP contribution in [0.3, 0.4) is 0 Å². The molecule has 1 saturated heterocycles. The van der Waals surface area contributed by atoms with Crippen molar-refractivity contribution in [2.24, 2.45) is 0 Å². The summed E-state index contributed by atoms with van der Waals surface area (Å²) in [5.41, 5.74) is 1.08. The van der Waals surface area contributed by atoms with E-state index >= 15 is 0 Å². The monoisotopic (exact) mass is 459 g/mol. The fourth-order valence-corrected chi connectivity index (χ4v) is 5.06. The van der Waals surface area contributed by atoms with Crippen LogP contribution >= 0.6 is 11.8 Å². The van der Waals surface area contributed by atoms with E-state index in [0.29, 0.717) is 28.8 Å². The Labute approximate surface area is 190 Å². The molecule has 4 heterocycles. The second kappa shape index (κ2) is 8.36. The van der Waals surface area contributed by atoms with Crippen molar-refractivity contribution in [3.05, 3.63) is 33.9 Å². The van der Waals surface area contributed by atoms with Gasteiger partial charge in [0.15, 0.2) is 11.4 Å². The van der Waals surface area contributed by atoms with Crippen molar-refractivity contribution in [3.63, 3.8) is 0 Å². The molecule has 2 aromatic rings. The van der Waals surface area contributed by atoms with E-state index in [4.69, 9.17) is 0 Å². The molecule has 0 saturated carbocycles. The second-order valence-corrected chi connectivity index (χ2v) is 10.4. The van der Waals surface area contributed by atoms with Gasteiger partial charge in [-0.15, -0.1) is 0 Å². The first-order chi connectivity index (χ1) is 15.0. The summed E-state index contributed by atoms with van der Waals surface area (Å²) in [6.45, 7) is 9.83. The molecule has 0 bridgehead atoms. The van der Waals surface area contributed by atoms with Crippen molar-refractivity contribution in [3.8, 4) is 0 Å². The van der Waals surface area contributed by atoms with Gasteiger partial charge in [-0.3, -0.25) is 24.3 Å². The minimum Gasteiger partial charge on any atom is -0.322 e. The SMILES string of the molecule is Cc1cc(=O)n2c(n1)SCC2CC(=O)Nc1cc(C(C)(C)C)nn1C1NC(=O)CC(C)N1. The van der Waals surface area contributed by atoms with Crippen LogP contribution in [0.25, 0.3) is 0 Å².